The van der Waals surface area contributed by atoms with Crippen molar-refractivity contribution in [3.63, 3.8) is 0 Å². The van der Waals surface area contributed by atoms with Gasteiger partial charge in [-0.3, -0.25) is 25.1 Å². The van der Waals surface area contributed by atoms with Crippen LogP contribution in [0.25, 0.3) is 0 Å². The summed E-state index contributed by atoms with van der Waals surface area (Å²) >= 11 is 1.56. The Labute approximate surface area is 177 Å². The van der Waals surface area contributed by atoms with Gasteiger partial charge in [-0.1, -0.05) is 20.3 Å². The van der Waals surface area contributed by atoms with E-state index >= 15 is 0 Å². The highest BCUT2D eigenvalue weighted by molar-refractivity contribution is 7.14. The standard InChI is InChI=1S/C22H32N4O2S/c1-14(2)13-26-16(4)18(15(3)25-26)10-11-21(27)23-24-22(28)20-12-17-8-6-5-7-9-19(17)29-20/h12,14H,5-11,13H2,1-4H3,(H,23,27)(H,24,28). The molecule has 6 nitrogen and oxygen atoms in total. The predicted octanol–water partition coefficient (Wildman–Crippen LogP) is 3.88. The number of hydrazine groups is 1. The minimum atomic E-state index is -0.228. The van der Waals surface area contributed by atoms with Crippen molar-refractivity contribution in [1.29, 1.82) is 0 Å². The van der Waals surface area contributed by atoms with E-state index in [-0.39, 0.29) is 11.8 Å². The van der Waals surface area contributed by atoms with Gasteiger partial charge in [0, 0.05) is 23.5 Å². The smallest absolute Gasteiger partial charge is 0.273 e. The van der Waals surface area contributed by atoms with Gasteiger partial charge >= 0.3 is 0 Å². The molecule has 0 unspecified atom stereocenters. The zero-order valence-corrected chi connectivity index (χ0v) is 18.7. The van der Waals surface area contributed by atoms with Gasteiger partial charge in [0.05, 0.1) is 10.6 Å². The zero-order valence-electron chi connectivity index (χ0n) is 17.9. The average molecular weight is 417 g/mol. The van der Waals surface area contributed by atoms with Crippen molar-refractivity contribution in [2.75, 3.05) is 0 Å². The van der Waals surface area contributed by atoms with Crippen LogP contribution in [0.4, 0.5) is 0 Å². The zero-order chi connectivity index (χ0) is 21.0. The first-order valence-corrected chi connectivity index (χ1v) is 11.4. The Balaban J connectivity index is 1.50. The molecule has 2 aromatic heterocycles. The second-order valence-electron chi connectivity index (χ2n) is 8.35. The lowest BCUT2D eigenvalue weighted by Gasteiger charge is -2.08. The van der Waals surface area contributed by atoms with Crippen molar-refractivity contribution in [2.24, 2.45) is 5.92 Å². The Kier molecular flexibility index (Phi) is 7.11. The molecule has 29 heavy (non-hydrogen) atoms. The van der Waals surface area contributed by atoms with Gasteiger partial charge < -0.3 is 0 Å². The molecule has 2 amide bonds. The van der Waals surface area contributed by atoms with E-state index < -0.39 is 0 Å². The molecule has 1 aliphatic carbocycles. The summed E-state index contributed by atoms with van der Waals surface area (Å²) in [5.74, 6) is 0.104. The van der Waals surface area contributed by atoms with Crippen LogP contribution >= 0.6 is 11.3 Å². The first-order valence-electron chi connectivity index (χ1n) is 10.6. The second-order valence-corrected chi connectivity index (χ2v) is 9.48. The summed E-state index contributed by atoms with van der Waals surface area (Å²) in [7, 11) is 0. The monoisotopic (exact) mass is 416 g/mol. The summed E-state index contributed by atoms with van der Waals surface area (Å²) in [6, 6.07) is 1.99. The van der Waals surface area contributed by atoms with Crippen LogP contribution in [-0.2, 0) is 30.6 Å². The predicted molar refractivity (Wildman–Crippen MR) is 116 cm³/mol. The molecule has 0 bridgehead atoms. The minimum absolute atomic E-state index is 0.188. The summed E-state index contributed by atoms with van der Waals surface area (Å²) in [6.07, 6.45) is 6.68. The van der Waals surface area contributed by atoms with Crippen LogP contribution in [0.5, 0.6) is 0 Å². The molecule has 2 N–H and O–H groups in total. The molecule has 0 saturated heterocycles. The number of amides is 2. The number of nitrogens with zero attached hydrogens (tertiary/aromatic N) is 2. The van der Waals surface area contributed by atoms with Crippen LogP contribution in [0, 0.1) is 19.8 Å². The lowest BCUT2D eigenvalue weighted by Crippen LogP contribution is -2.41. The number of nitrogens with one attached hydrogen (secondary N) is 2. The molecular weight excluding hydrogens is 384 g/mol. The maximum absolute atomic E-state index is 12.4. The lowest BCUT2D eigenvalue weighted by atomic mass is 10.1. The maximum atomic E-state index is 12.4. The largest absolute Gasteiger partial charge is 0.279 e. The van der Waals surface area contributed by atoms with Gasteiger partial charge in [-0.2, -0.15) is 5.10 Å². The molecule has 0 radical (unpaired) electrons. The lowest BCUT2D eigenvalue weighted by molar-refractivity contribution is -0.121. The number of carbonyl (C=O) groups excluding carboxylic acids is 2. The number of aryl methyl sites for hydroxylation is 3. The van der Waals surface area contributed by atoms with E-state index in [4.69, 9.17) is 0 Å². The van der Waals surface area contributed by atoms with Gasteiger partial charge in [0.25, 0.3) is 5.91 Å². The summed E-state index contributed by atoms with van der Waals surface area (Å²) in [5, 5.41) is 4.60. The summed E-state index contributed by atoms with van der Waals surface area (Å²) in [4.78, 5) is 26.7. The van der Waals surface area contributed by atoms with Gasteiger partial charge in [0.1, 0.15) is 0 Å². The molecule has 0 aromatic carbocycles. The molecule has 1 aliphatic rings. The topological polar surface area (TPSA) is 76.0 Å². The molecule has 2 heterocycles. The van der Waals surface area contributed by atoms with E-state index in [1.165, 1.54) is 29.7 Å². The van der Waals surface area contributed by atoms with E-state index in [1.54, 1.807) is 11.3 Å². The summed E-state index contributed by atoms with van der Waals surface area (Å²) in [5.41, 5.74) is 9.64. The van der Waals surface area contributed by atoms with E-state index in [0.717, 1.165) is 36.3 Å². The Morgan fingerprint density at radius 1 is 1.17 bits per heavy atom. The van der Waals surface area contributed by atoms with Crippen LogP contribution in [0.15, 0.2) is 6.07 Å². The first-order chi connectivity index (χ1) is 13.8. The Bertz CT molecular complexity index is 858. The molecule has 0 saturated carbocycles. The molecule has 0 fully saturated rings. The van der Waals surface area contributed by atoms with Crippen molar-refractivity contribution >= 4 is 23.2 Å². The SMILES string of the molecule is Cc1nn(CC(C)C)c(C)c1CCC(=O)NNC(=O)c1cc2c(s1)CCCCC2. The van der Waals surface area contributed by atoms with Crippen molar-refractivity contribution in [1.82, 2.24) is 20.6 Å². The number of rotatable bonds is 6. The van der Waals surface area contributed by atoms with Gasteiger partial charge in [0.15, 0.2) is 0 Å². The van der Waals surface area contributed by atoms with Gasteiger partial charge in [0.2, 0.25) is 5.91 Å². The van der Waals surface area contributed by atoms with E-state index in [1.807, 2.05) is 17.7 Å². The molecule has 0 atom stereocenters. The van der Waals surface area contributed by atoms with E-state index in [9.17, 15) is 9.59 Å². The second kappa shape index (κ2) is 9.57. The van der Waals surface area contributed by atoms with Crippen molar-refractivity contribution in [3.05, 3.63) is 38.3 Å². The summed E-state index contributed by atoms with van der Waals surface area (Å²) in [6.45, 7) is 9.24. The highest BCUT2D eigenvalue weighted by Crippen LogP contribution is 2.28. The number of thiophene rings is 1. The fourth-order valence-corrected chi connectivity index (χ4v) is 5.04. The van der Waals surface area contributed by atoms with Crippen LogP contribution in [-0.4, -0.2) is 21.6 Å². The van der Waals surface area contributed by atoms with Gasteiger partial charge in [-0.25, -0.2) is 0 Å². The minimum Gasteiger partial charge on any atom is -0.273 e. The molecule has 0 spiro atoms. The number of carbonyl (C=O) groups is 2. The van der Waals surface area contributed by atoms with E-state index in [0.29, 0.717) is 23.6 Å². The highest BCUT2D eigenvalue weighted by atomic mass is 32.1. The van der Waals surface area contributed by atoms with Gasteiger partial charge in [-0.05, 0) is 69.1 Å². The number of aromatic nitrogens is 2. The quantitative estimate of drug-likeness (QED) is 0.554. The number of fused-ring (bicyclic) bond motifs is 1. The Morgan fingerprint density at radius 2 is 1.93 bits per heavy atom. The average Bonchev–Trinajstić information content (AvgIpc) is 3.10. The summed E-state index contributed by atoms with van der Waals surface area (Å²) < 4.78 is 2.02. The van der Waals surface area contributed by atoms with Crippen LogP contribution in [0.3, 0.4) is 0 Å². The van der Waals surface area contributed by atoms with Crippen LogP contribution < -0.4 is 10.9 Å². The fraction of sp³-hybridized carbons (Fsp3) is 0.591. The molecule has 3 rings (SSSR count). The van der Waals surface area contributed by atoms with Crippen molar-refractivity contribution in [2.45, 2.75) is 79.2 Å². The van der Waals surface area contributed by atoms with Crippen molar-refractivity contribution in [3.8, 4) is 0 Å². The number of hydrogen-bond acceptors (Lipinski definition) is 4. The maximum Gasteiger partial charge on any atom is 0.279 e. The Morgan fingerprint density at radius 3 is 2.69 bits per heavy atom. The van der Waals surface area contributed by atoms with Gasteiger partial charge in [-0.15, -0.1) is 11.3 Å². The third-order valence-electron chi connectivity index (χ3n) is 5.46. The normalized spacial score (nSPS) is 13.8. The molecular formula is C22H32N4O2S. The molecule has 0 aliphatic heterocycles. The third-order valence-corrected chi connectivity index (χ3v) is 6.69. The fourth-order valence-electron chi connectivity index (χ4n) is 3.89. The van der Waals surface area contributed by atoms with Crippen LogP contribution in [0.2, 0.25) is 0 Å². The van der Waals surface area contributed by atoms with Crippen molar-refractivity contribution < 1.29 is 9.59 Å². The van der Waals surface area contributed by atoms with E-state index in [2.05, 4.69) is 36.7 Å². The molecule has 7 heteroatoms. The molecule has 158 valence electrons. The molecule has 2 aromatic rings. The number of hydrogen-bond donors (Lipinski definition) is 2. The first kappa shape index (κ1) is 21.6. The highest BCUT2D eigenvalue weighted by Gasteiger charge is 2.18. The third kappa shape index (κ3) is 5.47. The Hall–Kier alpha value is -2.15. The van der Waals surface area contributed by atoms with Crippen LogP contribution in [0.1, 0.15) is 76.6 Å².